The number of nitriles is 1. The number of halogens is 1. The molecule has 0 aliphatic heterocycles. The molecular formula is C10H9FN2O. The van der Waals surface area contributed by atoms with E-state index in [0.717, 1.165) is 0 Å². The molecule has 1 amide bonds. The lowest BCUT2D eigenvalue weighted by Crippen LogP contribution is -2.23. The second-order valence-corrected chi connectivity index (χ2v) is 2.98. The number of carbonyl (C=O) groups is 1. The molecule has 14 heavy (non-hydrogen) atoms. The maximum absolute atomic E-state index is 13.4. The number of benzene rings is 1. The molecule has 72 valence electrons. The minimum Gasteiger partial charge on any atom is -0.345 e. The van der Waals surface area contributed by atoms with E-state index >= 15 is 0 Å². The third-order valence-electron chi connectivity index (χ3n) is 1.76. The van der Waals surface area contributed by atoms with Crippen molar-refractivity contribution in [2.75, 3.05) is 14.1 Å². The van der Waals surface area contributed by atoms with Crippen LogP contribution in [0.5, 0.6) is 0 Å². The average Bonchev–Trinajstić information content (AvgIpc) is 2.17. The van der Waals surface area contributed by atoms with E-state index in [9.17, 15) is 9.18 Å². The molecule has 4 heteroatoms. The molecule has 3 nitrogen and oxygen atoms in total. The number of nitrogens with zero attached hydrogens (tertiary/aromatic N) is 2. The first-order valence-corrected chi connectivity index (χ1v) is 3.98. The molecule has 0 radical (unpaired) electrons. The third kappa shape index (κ3) is 1.72. The highest BCUT2D eigenvalue weighted by Gasteiger charge is 2.15. The van der Waals surface area contributed by atoms with Crippen molar-refractivity contribution in [3.8, 4) is 6.07 Å². The molecule has 0 spiro atoms. The van der Waals surface area contributed by atoms with E-state index in [0.29, 0.717) is 0 Å². The van der Waals surface area contributed by atoms with E-state index in [-0.39, 0.29) is 11.1 Å². The van der Waals surface area contributed by atoms with Crippen LogP contribution in [-0.4, -0.2) is 24.9 Å². The van der Waals surface area contributed by atoms with E-state index < -0.39 is 11.7 Å². The van der Waals surface area contributed by atoms with Gasteiger partial charge in [0.15, 0.2) is 5.82 Å². The molecule has 1 aromatic rings. The standard InChI is InChI=1S/C10H9FN2O/c1-13(2)10(14)8-5-3-4-7(6-12)9(8)11/h3-5H,1-2H3. The van der Waals surface area contributed by atoms with E-state index in [1.165, 1.54) is 37.2 Å². The van der Waals surface area contributed by atoms with Crippen LogP contribution in [0.1, 0.15) is 15.9 Å². The summed E-state index contributed by atoms with van der Waals surface area (Å²) in [7, 11) is 3.06. The van der Waals surface area contributed by atoms with Gasteiger partial charge in [0.25, 0.3) is 5.91 Å². The maximum Gasteiger partial charge on any atom is 0.256 e. The van der Waals surface area contributed by atoms with Gasteiger partial charge >= 0.3 is 0 Å². The van der Waals surface area contributed by atoms with Gasteiger partial charge in [-0.05, 0) is 12.1 Å². The zero-order valence-corrected chi connectivity index (χ0v) is 7.91. The predicted octanol–water partition coefficient (Wildman–Crippen LogP) is 1.40. The lowest BCUT2D eigenvalue weighted by atomic mass is 10.1. The monoisotopic (exact) mass is 192 g/mol. The first-order chi connectivity index (χ1) is 6.57. The average molecular weight is 192 g/mol. The van der Waals surface area contributed by atoms with E-state index in [1.54, 1.807) is 6.07 Å². The number of hydrogen-bond acceptors (Lipinski definition) is 2. The van der Waals surface area contributed by atoms with Crippen LogP contribution < -0.4 is 0 Å². The summed E-state index contributed by atoms with van der Waals surface area (Å²) in [6, 6.07) is 5.86. The van der Waals surface area contributed by atoms with Gasteiger partial charge in [0.2, 0.25) is 0 Å². The topological polar surface area (TPSA) is 44.1 Å². The molecule has 0 unspecified atom stereocenters. The number of carbonyl (C=O) groups excluding carboxylic acids is 1. The summed E-state index contributed by atoms with van der Waals surface area (Å²) in [5, 5.41) is 8.55. The highest BCUT2D eigenvalue weighted by Crippen LogP contribution is 2.13. The smallest absolute Gasteiger partial charge is 0.256 e. The first kappa shape index (κ1) is 10.2. The fraction of sp³-hybridized carbons (Fsp3) is 0.200. The van der Waals surface area contributed by atoms with Gasteiger partial charge in [0, 0.05) is 14.1 Å². The summed E-state index contributed by atoms with van der Waals surface area (Å²) in [5.74, 6) is -1.20. The van der Waals surface area contributed by atoms with Gasteiger partial charge in [-0.3, -0.25) is 4.79 Å². The fourth-order valence-corrected chi connectivity index (χ4v) is 1.02. The molecule has 0 fully saturated rings. The van der Waals surface area contributed by atoms with E-state index in [4.69, 9.17) is 5.26 Å². The van der Waals surface area contributed by atoms with Gasteiger partial charge in [-0.1, -0.05) is 6.07 Å². The molecule has 0 aromatic heterocycles. The Balaban J connectivity index is 3.24. The van der Waals surface area contributed by atoms with Crippen molar-refractivity contribution < 1.29 is 9.18 Å². The van der Waals surface area contributed by atoms with Gasteiger partial charge in [0.1, 0.15) is 6.07 Å². The first-order valence-electron chi connectivity index (χ1n) is 3.98. The SMILES string of the molecule is CN(C)C(=O)c1cccc(C#N)c1F. The van der Waals surface area contributed by atoms with Crippen molar-refractivity contribution in [3.63, 3.8) is 0 Å². The van der Waals surface area contributed by atoms with Gasteiger partial charge in [-0.2, -0.15) is 5.26 Å². The molecule has 1 rings (SSSR count). The van der Waals surface area contributed by atoms with E-state index in [1.807, 2.05) is 0 Å². The van der Waals surface area contributed by atoms with Gasteiger partial charge in [0.05, 0.1) is 11.1 Å². The molecule has 0 aliphatic rings. The van der Waals surface area contributed by atoms with Crippen molar-refractivity contribution in [3.05, 3.63) is 35.1 Å². The Bertz CT molecular complexity index is 407. The van der Waals surface area contributed by atoms with Crippen LogP contribution in [0.3, 0.4) is 0 Å². The Labute approximate surface area is 81.4 Å². The highest BCUT2D eigenvalue weighted by atomic mass is 19.1. The Morgan fingerprint density at radius 3 is 2.64 bits per heavy atom. The summed E-state index contributed by atoms with van der Waals surface area (Å²) in [5.41, 5.74) is -0.188. The van der Waals surface area contributed by atoms with Crippen LogP contribution >= 0.6 is 0 Å². The van der Waals surface area contributed by atoms with Crippen LogP contribution in [0.4, 0.5) is 4.39 Å². The normalized spacial score (nSPS) is 9.29. The predicted molar refractivity (Wildman–Crippen MR) is 49.1 cm³/mol. The molecule has 0 saturated carbocycles. The molecule has 0 bridgehead atoms. The Morgan fingerprint density at radius 2 is 2.14 bits per heavy atom. The highest BCUT2D eigenvalue weighted by molar-refractivity contribution is 5.94. The summed E-state index contributed by atoms with van der Waals surface area (Å²) in [6.45, 7) is 0. The zero-order chi connectivity index (χ0) is 10.7. The largest absolute Gasteiger partial charge is 0.345 e. The number of hydrogen-bond donors (Lipinski definition) is 0. The lowest BCUT2D eigenvalue weighted by molar-refractivity contribution is 0.0823. The zero-order valence-electron chi connectivity index (χ0n) is 7.91. The maximum atomic E-state index is 13.4. The summed E-state index contributed by atoms with van der Waals surface area (Å²) < 4.78 is 13.4. The number of amides is 1. The molecule has 0 N–H and O–H groups in total. The summed E-state index contributed by atoms with van der Waals surface area (Å²) >= 11 is 0. The Kier molecular flexibility index (Phi) is 2.82. The Hall–Kier alpha value is -1.89. The van der Waals surface area contributed by atoms with Crippen molar-refractivity contribution in [2.45, 2.75) is 0 Å². The second kappa shape index (κ2) is 3.88. The minimum atomic E-state index is -0.756. The van der Waals surface area contributed by atoms with Gasteiger partial charge < -0.3 is 4.90 Å². The minimum absolute atomic E-state index is 0.0750. The van der Waals surface area contributed by atoms with Crippen molar-refractivity contribution in [2.24, 2.45) is 0 Å². The molecule has 0 atom stereocenters. The van der Waals surface area contributed by atoms with Crippen LogP contribution in [0, 0.1) is 17.1 Å². The summed E-state index contributed by atoms with van der Waals surface area (Å²) in [4.78, 5) is 12.7. The number of rotatable bonds is 1. The second-order valence-electron chi connectivity index (χ2n) is 2.98. The van der Waals surface area contributed by atoms with Crippen LogP contribution in [-0.2, 0) is 0 Å². The summed E-state index contributed by atoms with van der Waals surface area (Å²) in [6.07, 6.45) is 0. The van der Waals surface area contributed by atoms with Crippen LogP contribution in [0.25, 0.3) is 0 Å². The van der Waals surface area contributed by atoms with Crippen molar-refractivity contribution in [1.82, 2.24) is 4.90 Å². The molecule has 0 aliphatic carbocycles. The van der Waals surface area contributed by atoms with Crippen molar-refractivity contribution >= 4 is 5.91 Å². The lowest BCUT2D eigenvalue weighted by Gasteiger charge is -2.10. The van der Waals surface area contributed by atoms with Gasteiger partial charge in [-0.25, -0.2) is 4.39 Å². The fourth-order valence-electron chi connectivity index (χ4n) is 1.02. The molecule has 0 heterocycles. The van der Waals surface area contributed by atoms with Crippen LogP contribution in [0.2, 0.25) is 0 Å². The molecular weight excluding hydrogens is 183 g/mol. The van der Waals surface area contributed by atoms with E-state index in [2.05, 4.69) is 0 Å². The Morgan fingerprint density at radius 1 is 1.50 bits per heavy atom. The quantitative estimate of drug-likeness (QED) is 0.675. The van der Waals surface area contributed by atoms with Crippen LogP contribution in [0.15, 0.2) is 18.2 Å². The molecule has 0 saturated heterocycles. The van der Waals surface area contributed by atoms with Crippen molar-refractivity contribution in [1.29, 1.82) is 5.26 Å². The third-order valence-corrected chi connectivity index (χ3v) is 1.76. The molecule has 1 aromatic carbocycles. The van der Waals surface area contributed by atoms with Gasteiger partial charge in [-0.15, -0.1) is 0 Å².